The van der Waals surface area contributed by atoms with Crippen LogP contribution in [0.4, 0.5) is 9.18 Å². The molecule has 0 amide bonds. The van der Waals surface area contributed by atoms with E-state index >= 15 is 0 Å². The summed E-state index contributed by atoms with van der Waals surface area (Å²) in [5.41, 5.74) is -1.19. The highest BCUT2D eigenvalue weighted by atomic mass is 19.1. The van der Waals surface area contributed by atoms with E-state index in [-0.39, 0.29) is 10.9 Å². The van der Waals surface area contributed by atoms with Gasteiger partial charge in [-0.1, -0.05) is 6.07 Å². The number of hydrogen-bond donors (Lipinski definition) is 1. The lowest BCUT2D eigenvalue weighted by Gasteiger charge is -2.19. The minimum absolute atomic E-state index is 0.150. The molecule has 0 aliphatic rings. The zero-order valence-electron chi connectivity index (χ0n) is 10.3. The molecule has 0 unspecified atom stereocenters. The van der Waals surface area contributed by atoms with Gasteiger partial charge in [-0.05, 0) is 32.9 Å². The summed E-state index contributed by atoms with van der Waals surface area (Å²) in [5.74, 6) is -0.670. The fourth-order valence-corrected chi connectivity index (χ4v) is 1.59. The molecule has 1 heterocycles. The predicted octanol–water partition coefficient (Wildman–Crippen LogP) is 2.25. The molecule has 2 aromatic rings. The summed E-state index contributed by atoms with van der Waals surface area (Å²) in [7, 11) is 0. The number of carbonyl (C=O) groups is 1. The van der Waals surface area contributed by atoms with E-state index in [1.807, 2.05) is 0 Å². The summed E-state index contributed by atoms with van der Waals surface area (Å²) in [6.07, 6.45) is -0.750. The molecule has 6 heteroatoms. The third-order valence-corrected chi connectivity index (χ3v) is 2.25. The van der Waals surface area contributed by atoms with E-state index in [9.17, 15) is 14.0 Å². The van der Waals surface area contributed by atoms with Gasteiger partial charge in [-0.25, -0.2) is 9.18 Å². The van der Waals surface area contributed by atoms with Crippen LogP contribution in [0.2, 0.25) is 0 Å². The second-order valence-corrected chi connectivity index (χ2v) is 4.89. The van der Waals surface area contributed by atoms with Crippen LogP contribution in [0.15, 0.2) is 23.0 Å². The topological polar surface area (TPSA) is 64.1 Å². The maximum Gasteiger partial charge on any atom is 0.434 e. The summed E-state index contributed by atoms with van der Waals surface area (Å²) in [4.78, 5) is 23.4. The number of fused-ring (bicyclic) bond motifs is 1. The van der Waals surface area contributed by atoms with Gasteiger partial charge in [0.2, 0.25) is 0 Å². The molecule has 0 atom stereocenters. The first-order valence-electron chi connectivity index (χ1n) is 5.42. The fourth-order valence-electron chi connectivity index (χ4n) is 1.59. The van der Waals surface area contributed by atoms with Gasteiger partial charge >= 0.3 is 6.09 Å². The Labute approximate surface area is 102 Å². The normalized spacial score (nSPS) is 11.8. The molecule has 1 N–H and O–H groups in total. The van der Waals surface area contributed by atoms with Crippen molar-refractivity contribution in [2.75, 3.05) is 0 Å². The first-order valence-corrected chi connectivity index (χ1v) is 5.42. The lowest BCUT2D eigenvalue weighted by Crippen LogP contribution is -2.28. The number of benzene rings is 1. The Hall–Kier alpha value is -2.11. The van der Waals surface area contributed by atoms with Gasteiger partial charge in [-0.2, -0.15) is 4.68 Å². The summed E-state index contributed by atoms with van der Waals surface area (Å²) < 4.78 is 19.5. The van der Waals surface area contributed by atoms with Crippen LogP contribution in [0.25, 0.3) is 10.9 Å². The van der Waals surface area contributed by atoms with Gasteiger partial charge in [0.05, 0.1) is 5.52 Å². The Bertz CT molecular complexity index is 664. The molecule has 0 fully saturated rings. The molecule has 1 aromatic heterocycles. The molecule has 18 heavy (non-hydrogen) atoms. The Balaban J connectivity index is 2.57. The number of aromatic amines is 1. The maximum atomic E-state index is 13.5. The molecular weight excluding hydrogens is 239 g/mol. The molecule has 0 saturated carbocycles. The first kappa shape index (κ1) is 12.3. The van der Waals surface area contributed by atoms with E-state index in [1.54, 1.807) is 20.8 Å². The molecule has 0 bridgehead atoms. The van der Waals surface area contributed by atoms with Crippen molar-refractivity contribution in [1.29, 1.82) is 0 Å². The van der Waals surface area contributed by atoms with Gasteiger partial charge in [0.15, 0.2) is 0 Å². The highest BCUT2D eigenvalue weighted by molar-refractivity contribution is 5.87. The van der Waals surface area contributed by atoms with E-state index in [4.69, 9.17) is 4.74 Å². The number of ether oxygens (including phenoxy) is 1. The second-order valence-electron chi connectivity index (χ2n) is 4.89. The standard InChI is InChI=1S/C12H13FN2O3/c1-12(2,3)18-11(17)15-8-6-4-5-7(13)9(8)10(16)14-15/h4-6H,1-3H3,(H,14,16). The van der Waals surface area contributed by atoms with Crippen LogP contribution >= 0.6 is 0 Å². The molecular formula is C12H13FN2O3. The average molecular weight is 252 g/mol. The molecule has 2 rings (SSSR count). The Morgan fingerprint density at radius 3 is 2.67 bits per heavy atom. The number of halogens is 1. The van der Waals surface area contributed by atoms with Crippen molar-refractivity contribution in [1.82, 2.24) is 9.78 Å². The van der Waals surface area contributed by atoms with Crippen molar-refractivity contribution in [2.24, 2.45) is 0 Å². The molecule has 0 aliphatic carbocycles. The molecule has 0 saturated heterocycles. The average Bonchev–Trinajstić information content (AvgIpc) is 2.55. The fraction of sp³-hybridized carbons (Fsp3) is 0.333. The number of H-pyrrole nitrogens is 1. The molecule has 5 nitrogen and oxygen atoms in total. The van der Waals surface area contributed by atoms with Crippen molar-refractivity contribution in [3.05, 3.63) is 34.4 Å². The van der Waals surface area contributed by atoms with Gasteiger partial charge in [0.1, 0.15) is 16.8 Å². The monoisotopic (exact) mass is 252 g/mol. The quantitative estimate of drug-likeness (QED) is 0.782. The first-order chi connectivity index (χ1) is 8.29. The third kappa shape index (κ3) is 2.13. The molecule has 1 aromatic carbocycles. The van der Waals surface area contributed by atoms with Gasteiger partial charge in [-0.15, -0.1) is 0 Å². The van der Waals surface area contributed by atoms with Gasteiger partial charge in [0, 0.05) is 0 Å². The van der Waals surface area contributed by atoms with Gasteiger partial charge in [0.25, 0.3) is 5.56 Å². The summed E-state index contributed by atoms with van der Waals surface area (Å²) in [6.45, 7) is 5.11. The minimum atomic E-state index is -0.750. The Morgan fingerprint density at radius 1 is 1.39 bits per heavy atom. The number of hydrogen-bond acceptors (Lipinski definition) is 3. The lowest BCUT2D eigenvalue weighted by molar-refractivity contribution is 0.0522. The van der Waals surface area contributed by atoms with Gasteiger partial charge < -0.3 is 4.74 Å². The smallest absolute Gasteiger partial charge is 0.434 e. The number of nitrogens with one attached hydrogen (secondary N) is 1. The summed E-state index contributed by atoms with van der Waals surface area (Å²) in [6, 6.07) is 4.06. The van der Waals surface area contributed by atoms with E-state index < -0.39 is 23.1 Å². The SMILES string of the molecule is CC(C)(C)OC(=O)n1[nH]c(=O)c2c(F)cccc21. The van der Waals surface area contributed by atoms with E-state index in [0.717, 1.165) is 10.7 Å². The zero-order chi connectivity index (χ0) is 13.5. The van der Waals surface area contributed by atoms with Crippen molar-refractivity contribution < 1.29 is 13.9 Å². The van der Waals surface area contributed by atoms with Crippen LogP contribution in [0.5, 0.6) is 0 Å². The van der Waals surface area contributed by atoms with Crippen molar-refractivity contribution >= 4 is 17.0 Å². The van der Waals surface area contributed by atoms with Crippen molar-refractivity contribution in [3.8, 4) is 0 Å². The highest BCUT2D eigenvalue weighted by Gasteiger charge is 2.21. The summed E-state index contributed by atoms with van der Waals surface area (Å²) in [5, 5.41) is 2.11. The van der Waals surface area contributed by atoms with Crippen LogP contribution < -0.4 is 5.56 Å². The van der Waals surface area contributed by atoms with Crippen LogP contribution in [-0.2, 0) is 4.74 Å². The largest absolute Gasteiger partial charge is 0.442 e. The minimum Gasteiger partial charge on any atom is -0.442 e. The van der Waals surface area contributed by atoms with Crippen molar-refractivity contribution in [3.63, 3.8) is 0 Å². The number of rotatable bonds is 0. The molecule has 0 spiro atoms. The number of nitrogens with zero attached hydrogens (tertiary/aromatic N) is 1. The predicted molar refractivity (Wildman–Crippen MR) is 64.1 cm³/mol. The van der Waals surface area contributed by atoms with Gasteiger partial charge in [-0.3, -0.25) is 9.89 Å². The van der Waals surface area contributed by atoms with Crippen molar-refractivity contribution in [2.45, 2.75) is 26.4 Å². The summed E-state index contributed by atoms with van der Waals surface area (Å²) >= 11 is 0. The Morgan fingerprint density at radius 2 is 2.06 bits per heavy atom. The van der Waals surface area contributed by atoms with Crippen LogP contribution in [-0.4, -0.2) is 21.5 Å². The maximum absolute atomic E-state index is 13.5. The van der Waals surface area contributed by atoms with E-state index in [1.165, 1.54) is 12.1 Å². The van der Waals surface area contributed by atoms with Crippen LogP contribution in [0.3, 0.4) is 0 Å². The highest BCUT2D eigenvalue weighted by Crippen LogP contribution is 2.15. The van der Waals surface area contributed by atoms with Crippen LogP contribution in [0.1, 0.15) is 20.8 Å². The number of carbonyl (C=O) groups excluding carboxylic acids is 1. The van der Waals surface area contributed by atoms with Crippen LogP contribution in [0, 0.1) is 5.82 Å². The van der Waals surface area contributed by atoms with E-state index in [2.05, 4.69) is 5.10 Å². The molecule has 0 aliphatic heterocycles. The Kier molecular flexibility index (Phi) is 2.73. The molecule has 0 radical (unpaired) electrons. The number of aromatic nitrogens is 2. The lowest BCUT2D eigenvalue weighted by atomic mass is 10.2. The third-order valence-electron chi connectivity index (χ3n) is 2.25. The zero-order valence-corrected chi connectivity index (χ0v) is 10.3. The van der Waals surface area contributed by atoms with E-state index in [0.29, 0.717) is 0 Å². The molecule has 96 valence electrons. The second kappa shape index (κ2) is 3.97.